The number of ether oxygens (including phenoxy) is 1. The third kappa shape index (κ3) is 5.29. The second kappa shape index (κ2) is 9.43. The average molecular weight is 455 g/mol. The minimum absolute atomic E-state index is 0.0448. The molecule has 34 heavy (non-hydrogen) atoms. The number of aryl methyl sites for hydroxylation is 2. The molecule has 6 nitrogen and oxygen atoms in total. The zero-order chi connectivity index (χ0) is 24.3. The Balaban J connectivity index is 1.54. The van der Waals surface area contributed by atoms with Gasteiger partial charge in [-0.15, -0.1) is 0 Å². The minimum atomic E-state index is -0.308. The third-order valence-electron chi connectivity index (χ3n) is 5.62. The summed E-state index contributed by atoms with van der Waals surface area (Å²) in [6, 6.07) is 20.9. The van der Waals surface area contributed by atoms with Gasteiger partial charge in [0.2, 0.25) is 0 Å². The highest BCUT2D eigenvalue weighted by Crippen LogP contribution is 2.31. The summed E-state index contributed by atoms with van der Waals surface area (Å²) in [5.41, 5.74) is 5.67. The molecule has 0 saturated carbocycles. The topological polar surface area (TPSA) is 68.2 Å². The van der Waals surface area contributed by atoms with Crippen molar-refractivity contribution in [3.05, 3.63) is 96.1 Å². The van der Waals surface area contributed by atoms with Gasteiger partial charge in [0.1, 0.15) is 11.5 Å². The quantitative estimate of drug-likeness (QED) is 0.334. The number of carbonyl (C=O) groups excluding carboxylic acids is 1. The molecule has 0 saturated heterocycles. The Hall–Kier alpha value is -4.06. The normalized spacial score (nSPS) is 11.2. The first-order valence-corrected chi connectivity index (χ1v) is 11.3. The molecule has 0 atom stereocenters. The van der Waals surface area contributed by atoms with Gasteiger partial charge in [-0.25, -0.2) is 4.79 Å². The van der Waals surface area contributed by atoms with Crippen molar-refractivity contribution >= 4 is 17.4 Å². The van der Waals surface area contributed by atoms with Crippen LogP contribution in [-0.2, 0) is 5.41 Å². The fraction of sp³-hybridized carbons (Fsp3) is 0.214. The zero-order valence-electron chi connectivity index (χ0n) is 20.2. The Morgan fingerprint density at radius 2 is 1.44 bits per heavy atom. The largest absolute Gasteiger partial charge is 0.457 e. The molecule has 4 rings (SSSR count). The number of pyridine rings is 1. The molecule has 0 spiro atoms. The maximum Gasteiger partial charge on any atom is 0.323 e. The van der Waals surface area contributed by atoms with Crippen molar-refractivity contribution in [1.29, 1.82) is 0 Å². The van der Waals surface area contributed by atoms with Gasteiger partial charge in [0.15, 0.2) is 0 Å². The van der Waals surface area contributed by atoms with E-state index in [1.165, 1.54) is 0 Å². The van der Waals surface area contributed by atoms with Crippen molar-refractivity contribution in [2.75, 3.05) is 10.6 Å². The predicted octanol–water partition coefficient (Wildman–Crippen LogP) is 7.22. The maximum absolute atomic E-state index is 12.9. The number of anilines is 2. The van der Waals surface area contributed by atoms with Crippen LogP contribution < -0.4 is 15.4 Å². The predicted molar refractivity (Wildman–Crippen MR) is 137 cm³/mol. The van der Waals surface area contributed by atoms with Crippen LogP contribution in [0.4, 0.5) is 16.2 Å². The van der Waals surface area contributed by atoms with E-state index in [9.17, 15) is 4.79 Å². The van der Waals surface area contributed by atoms with E-state index in [1.54, 1.807) is 24.5 Å². The summed E-state index contributed by atoms with van der Waals surface area (Å²) in [7, 11) is 0. The van der Waals surface area contributed by atoms with Crippen LogP contribution in [0, 0.1) is 13.8 Å². The van der Waals surface area contributed by atoms with Crippen LogP contribution in [0.15, 0.2) is 79.1 Å². The zero-order valence-corrected chi connectivity index (χ0v) is 20.2. The van der Waals surface area contributed by atoms with E-state index in [-0.39, 0.29) is 11.4 Å². The second-order valence-corrected chi connectivity index (χ2v) is 9.32. The third-order valence-corrected chi connectivity index (χ3v) is 5.62. The molecule has 0 radical (unpaired) electrons. The Labute approximate surface area is 200 Å². The molecule has 6 heteroatoms. The molecule has 2 aromatic heterocycles. The number of urea groups is 1. The molecule has 4 aromatic rings. The fourth-order valence-corrected chi connectivity index (χ4v) is 3.78. The molecule has 2 amide bonds. The number of aromatic nitrogens is 2. The lowest BCUT2D eigenvalue weighted by atomic mass is 9.86. The van der Waals surface area contributed by atoms with Crippen LogP contribution in [0.1, 0.15) is 37.7 Å². The molecule has 174 valence electrons. The van der Waals surface area contributed by atoms with Crippen molar-refractivity contribution < 1.29 is 9.53 Å². The Morgan fingerprint density at radius 3 is 2.06 bits per heavy atom. The van der Waals surface area contributed by atoms with Crippen molar-refractivity contribution in [2.24, 2.45) is 0 Å². The van der Waals surface area contributed by atoms with Gasteiger partial charge in [0.25, 0.3) is 0 Å². The Bertz CT molecular complexity index is 1270. The number of rotatable bonds is 5. The van der Waals surface area contributed by atoms with E-state index in [0.29, 0.717) is 17.2 Å². The summed E-state index contributed by atoms with van der Waals surface area (Å²) < 4.78 is 7.93. The van der Waals surface area contributed by atoms with Gasteiger partial charge in [0, 0.05) is 29.5 Å². The highest BCUT2D eigenvalue weighted by Gasteiger charge is 2.18. The lowest BCUT2D eigenvalue weighted by molar-refractivity contribution is 0.262. The standard InChI is InChI=1S/C28H30N4O2/c1-19-6-7-20(2)32(19)26-13-8-21(28(3,4)5)18-25(26)31-27(33)30-22-9-11-23(12-10-22)34-24-14-16-29-17-15-24/h6-18H,1-5H3,(H2,30,31,33). The molecule has 0 bridgehead atoms. The summed E-state index contributed by atoms with van der Waals surface area (Å²) in [6.45, 7) is 10.6. The number of carbonyl (C=O) groups is 1. The molecule has 2 N–H and O–H groups in total. The van der Waals surface area contributed by atoms with E-state index in [0.717, 1.165) is 28.3 Å². The number of amides is 2. The summed E-state index contributed by atoms with van der Waals surface area (Å²) >= 11 is 0. The first-order chi connectivity index (χ1) is 16.2. The van der Waals surface area contributed by atoms with Gasteiger partial charge >= 0.3 is 6.03 Å². The number of benzene rings is 2. The number of hydrogen-bond donors (Lipinski definition) is 2. The summed E-state index contributed by atoms with van der Waals surface area (Å²) in [5, 5.41) is 5.98. The molecule has 2 heterocycles. The minimum Gasteiger partial charge on any atom is -0.457 e. The summed E-state index contributed by atoms with van der Waals surface area (Å²) in [6.07, 6.45) is 3.35. The molecule has 0 aliphatic carbocycles. The number of hydrogen-bond acceptors (Lipinski definition) is 3. The number of nitrogens with zero attached hydrogens (tertiary/aromatic N) is 2. The van der Waals surface area contributed by atoms with Gasteiger partial charge in [-0.2, -0.15) is 0 Å². The average Bonchev–Trinajstić information content (AvgIpc) is 3.13. The molecular formula is C28H30N4O2. The number of nitrogens with one attached hydrogen (secondary N) is 2. The second-order valence-electron chi connectivity index (χ2n) is 9.32. The molecule has 0 unspecified atom stereocenters. The van der Waals surface area contributed by atoms with Gasteiger partial charge in [-0.1, -0.05) is 26.8 Å². The summed E-state index contributed by atoms with van der Waals surface area (Å²) in [4.78, 5) is 16.9. The van der Waals surface area contributed by atoms with E-state index in [2.05, 4.69) is 85.1 Å². The van der Waals surface area contributed by atoms with Crippen LogP contribution in [0.2, 0.25) is 0 Å². The van der Waals surface area contributed by atoms with E-state index >= 15 is 0 Å². The van der Waals surface area contributed by atoms with Crippen LogP contribution in [0.25, 0.3) is 5.69 Å². The maximum atomic E-state index is 12.9. The molecule has 0 aliphatic heterocycles. The highest BCUT2D eigenvalue weighted by molar-refractivity contribution is 6.01. The lowest BCUT2D eigenvalue weighted by Gasteiger charge is -2.23. The first kappa shape index (κ1) is 23.1. The van der Waals surface area contributed by atoms with Crippen LogP contribution >= 0.6 is 0 Å². The van der Waals surface area contributed by atoms with E-state index in [1.807, 2.05) is 24.3 Å². The van der Waals surface area contributed by atoms with E-state index in [4.69, 9.17) is 4.74 Å². The fourth-order valence-electron chi connectivity index (χ4n) is 3.78. The Morgan fingerprint density at radius 1 is 0.824 bits per heavy atom. The molecular weight excluding hydrogens is 424 g/mol. The van der Waals surface area contributed by atoms with Crippen LogP contribution in [0.5, 0.6) is 11.5 Å². The van der Waals surface area contributed by atoms with Gasteiger partial charge in [-0.3, -0.25) is 4.98 Å². The van der Waals surface area contributed by atoms with Gasteiger partial charge in [0.05, 0.1) is 11.4 Å². The van der Waals surface area contributed by atoms with E-state index < -0.39 is 0 Å². The summed E-state index contributed by atoms with van der Waals surface area (Å²) in [5.74, 6) is 1.38. The van der Waals surface area contributed by atoms with Gasteiger partial charge in [-0.05, 0) is 85.5 Å². The molecule has 0 aliphatic rings. The van der Waals surface area contributed by atoms with Crippen LogP contribution in [0.3, 0.4) is 0 Å². The lowest BCUT2D eigenvalue weighted by Crippen LogP contribution is -2.21. The first-order valence-electron chi connectivity index (χ1n) is 11.3. The van der Waals surface area contributed by atoms with Gasteiger partial charge < -0.3 is 19.9 Å². The SMILES string of the molecule is Cc1ccc(C)n1-c1ccc(C(C)(C)C)cc1NC(=O)Nc1ccc(Oc2ccncc2)cc1. The smallest absolute Gasteiger partial charge is 0.323 e. The van der Waals surface area contributed by atoms with Crippen molar-refractivity contribution in [3.8, 4) is 17.2 Å². The van der Waals surface area contributed by atoms with Crippen molar-refractivity contribution in [1.82, 2.24) is 9.55 Å². The van der Waals surface area contributed by atoms with Crippen molar-refractivity contribution in [3.63, 3.8) is 0 Å². The monoisotopic (exact) mass is 454 g/mol. The van der Waals surface area contributed by atoms with Crippen molar-refractivity contribution in [2.45, 2.75) is 40.0 Å². The molecule has 0 fully saturated rings. The molecule has 2 aromatic carbocycles. The highest BCUT2D eigenvalue weighted by atomic mass is 16.5. The van der Waals surface area contributed by atoms with Crippen LogP contribution in [-0.4, -0.2) is 15.6 Å². The Kier molecular flexibility index (Phi) is 6.41.